The standard InChI is InChI=1S/C16H17BrN2O2/c1-10(16(20)21)19(12-5-6-12)9-11-4-7-14(17)13-3-2-8-18-15(11)13/h2-4,7-8,10,12H,5-6,9H2,1H3,(H,20,21). The van der Waals surface area contributed by atoms with Crippen LogP contribution in [0, 0.1) is 0 Å². The molecule has 0 saturated heterocycles. The van der Waals surface area contributed by atoms with Crippen LogP contribution < -0.4 is 0 Å². The van der Waals surface area contributed by atoms with E-state index in [1.54, 1.807) is 13.1 Å². The summed E-state index contributed by atoms with van der Waals surface area (Å²) in [5, 5.41) is 10.4. The van der Waals surface area contributed by atoms with Crippen LogP contribution in [0.5, 0.6) is 0 Å². The Morgan fingerprint density at radius 3 is 2.90 bits per heavy atom. The molecule has 4 nitrogen and oxygen atoms in total. The van der Waals surface area contributed by atoms with Crippen LogP contribution in [0.1, 0.15) is 25.3 Å². The van der Waals surface area contributed by atoms with Gasteiger partial charge in [0.05, 0.1) is 5.52 Å². The molecule has 21 heavy (non-hydrogen) atoms. The van der Waals surface area contributed by atoms with Crippen molar-refractivity contribution in [2.24, 2.45) is 0 Å². The molecule has 0 radical (unpaired) electrons. The number of hydrogen-bond donors (Lipinski definition) is 1. The fourth-order valence-corrected chi connectivity index (χ4v) is 3.10. The lowest BCUT2D eigenvalue weighted by Gasteiger charge is -2.26. The molecule has 2 aromatic rings. The fraction of sp³-hybridized carbons (Fsp3) is 0.375. The lowest BCUT2D eigenvalue weighted by molar-refractivity contribution is -0.143. The predicted molar refractivity (Wildman–Crippen MR) is 85.1 cm³/mol. The number of nitrogens with zero attached hydrogens (tertiary/aromatic N) is 2. The van der Waals surface area contributed by atoms with Gasteiger partial charge in [-0.1, -0.05) is 28.1 Å². The Hall–Kier alpha value is -1.46. The molecule has 5 heteroatoms. The van der Waals surface area contributed by atoms with Crippen LogP contribution in [0.2, 0.25) is 0 Å². The van der Waals surface area contributed by atoms with Gasteiger partial charge in [0.15, 0.2) is 0 Å². The quantitative estimate of drug-likeness (QED) is 0.899. The van der Waals surface area contributed by atoms with E-state index in [0.717, 1.165) is 33.8 Å². The van der Waals surface area contributed by atoms with Crippen molar-refractivity contribution in [1.29, 1.82) is 0 Å². The van der Waals surface area contributed by atoms with E-state index in [2.05, 4.69) is 25.8 Å². The van der Waals surface area contributed by atoms with Crippen molar-refractivity contribution < 1.29 is 9.90 Å². The molecule has 3 rings (SSSR count). The third-order valence-electron chi connectivity index (χ3n) is 4.02. The van der Waals surface area contributed by atoms with Crippen LogP contribution in [0.4, 0.5) is 0 Å². The molecule has 0 spiro atoms. The Morgan fingerprint density at radius 1 is 1.48 bits per heavy atom. The van der Waals surface area contributed by atoms with Gasteiger partial charge >= 0.3 is 5.97 Å². The van der Waals surface area contributed by atoms with Gasteiger partial charge in [-0.3, -0.25) is 14.7 Å². The highest BCUT2D eigenvalue weighted by atomic mass is 79.9. The minimum absolute atomic E-state index is 0.388. The SMILES string of the molecule is CC(C(=O)O)N(Cc1ccc(Br)c2cccnc12)C1CC1. The number of hydrogen-bond acceptors (Lipinski definition) is 3. The first-order valence-electron chi connectivity index (χ1n) is 7.08. The number of benzene rings is 1. The number of aliphatic carboxylic acids is 1. The molecule has 0 amide bonds. The van der Waals surface area contributed by atoms with Crippen LogP contribution in [-0.2, 0) is 11.3 Å². The van der Waals surface area contributed by atoms with Gasteiger partial charge in [-0.15, -0.1) is 0 Å². The van der Waals surface area contributed by atoms with E-state index < -0.39 is 12.0 Å². The van der Waals surface area contributed by atoms with Crippen molar-refractivity contribution in [1.82, 2.24) is 9.88 Å². The highest BCUT2D eigenvalue weighted by Crippen LogP contribution is 2.32. The van der Waals surface area contributed by atoms with Gasteiger partial charge in [0, 0.05) is 28.6 Å². The largest absolute Gasteiger partial charge is 0.480 e. The first-order valence-corrected chi connectivity index (χ1v) is 7.88. The Kier molecular flexibility index (Phi) is 3.95. The molecule has 1 saturated carbocycles. The van der Waals surface area contributed by atoms with Crippen LogP contribution >= 0.6 is 15.9 Å². The summed E-state index contributed by atoms with van der Waals surface area (Å²) in [7, 11) is 0. The van der Waals surface area contributed by atoms with E-state index in [1.165, 1.54) is 0 Å². The van der Waals surface area contributed by atoms with E-state index in [1.807, 2.05) is 24.3 Å². The first-order chi connectivity index (χ1) is 10.1. The minimum Gasteiger partial charge on any atom is -0.480 e. The summed E-state index contributed by atoms with van der Waals surface area (Å²) in [6, 6.07) is 7.89. The van der Waals surface area contributed by atoms with Gasteiger partial charge in [-0.2, -0.15) is 0 Å². The minimum atomic E-state index is -0.767. The van der Waals surface area contributed by atoms with Crippen molar-refractivity contribution >= 4 is 32.8 Å². The van der Waals surface area contributed by atoms with Crippen molar-refractivity contribution in [3.05, 3.63) is 40.5 Å². The summed E-state index contributed by atoms with van der Waals surface area (Å²) in [4.78, 5) is 17.9. The topological polar surface area (TPSA) is 53.4 Å². The monoisotopic (exact) mass is 348 g/mol. The van der Waals surface area contributed by atoms with Crippen molar-refractivity contribution in [2.45, 2.75) is 38.4 Å². The van der Waals surface area contributed by atoms with Crippen molar-refractivity contribution in [3.8, 4) is 0 Å². The fourth-order valence-electron chi connectivity index (χ4n) is 2.65. The predicted octanol–water partition coefficient (Wildman–Crippen LogP) is 3.43. The summed E-state index contributed by atoms with van der Waals surface area (Å²) in [6.07, 6.45) is 3.94. The summed E-state index contributed by atoms with van der Waals surface area (Å²) >= 11 is 3.54. The number of carbonyl (C=O) groups is 1. The van der Waals surface area contributed by atoms with Gasteiger partial charge in [0.25, 0.3) is 0 Å². The van der Waals surface area contributed by atoms with Crippen molar-refractivity contribution in [2.75, 3.05) is 0 Å². The second-order valence-electron chi connectivity index (χ2n) is 5.52. The van der Waals surface area contributed by atoms with Gasteiger partial charge in [-0.05, 0) is 37.5 Å². The van der Waals surface area contributed by atoms with Crippen LogP contribution in [-0.4, -0.2) is 33.0 Å². The van der Waals surface area contributed by atoms with Gasteiger partial charge < -0.3 is 5.11 Å². The second-order valence-corrected chi connectivity index (χ2v) is 6.38. The molecule has 110 valence electrons. The average molecular weight is 349 g/mol. The molecular formula is C16H17BrN2O2. The van der Waals surface area contributed by atoms with Gasteiger partial charge in [0.1, 0.15) is 6.04 Å². The second kappa shape index (κ2) is 5.73. The third-order valence-corrected chi connectivity index (χ3v) is 4.72. The van der Waals surface area contributed by atoms with E-state index in [4.69, 9.17) is 0 Å². The number of aromatic nitrogens is 1. The average Bonchev–Trinajstić information content (AvgIpc) is 3.31. The molecule has 1 heterocycles. The molecule has 0 bridgehead atoms. The molecule has 1 aliphatic carbocycles. The maximum atomic E-state index is 11.3. The third kappa shape index (κ3) is 2.94. The van der Waals surface area contributed by atoms with Crippen LogP contribution in [0.3, 0.4) is 0 Å². The normalized spacial score (nSPS) is 16.3. The number of rotatable bonds is 5. The Labute approximate surface area is 131 Å². The van der Waals surface area contributed by atoms with Crippen LogP contribution in [0.25, 0.3) is 10.9 Å². The van der Waals surface area contributed by atoms with Crippen LogP contribution in [0.15, 0.2) is 34.9 Å². The smallest absolute Gasteiger partial charge is 0.320 e. The Morgan fingerprint density at radius 2 is 2.24 bits per heavy atom. The van der Waals surface area contributed by atoms with E-state index >= 15 is 0 Å². The van der Waals surface area contributed by atoms with E-state index in [0.29, 0.717) is 12.6 Å². The molecule has 1 fully saturated rings. The molecule has 1 atom stereocenters. The number of pyridine rings is 1. The zero-order valence-corrected chi connectivity index (χ0v) is 13.4. The maximum absolute atomic E-state index is 11.3. The summed E-state index contributed by atoms with van der Waals surface area (Å²) < 4.78 is 1.01. The molecule has 1 unspecified atom stereocenters. The zero-order valence-electron chi connectivity index (χ0n) is 11.8. The summed E-state index contributed by atoms with van der Waals surface area (Å²) in [5.41, 5.74) is 2.02. The lowest BCUT2D eigenvalue weighted by atomic mass is 10.1. The highest BCUT2D eigenvalue weighted by molar-refractivity contribution is 9.10. The highest BCUT2D eigenvalue weighted by Gasteiger charge is 2.35. The molecule has 1 aromatic carbocycles. The number of carboxylic acids is 1. The van der Waals surface area contributed by atoms with E-state index in [9.17, 15) is 9.90 Å². The number of halogens is 1. The lowest BCUT2D eigenvalue weighted by Crippen LogP contribution is -2.40. The Bertz CT molecular complexity index is 685. The molecule has 1 aliphatic rings. The molecule has 0 aliphatic heterocycles. The van der Waals surface area contributed by atoms with E-state index in [-0.39, 0.29) is 0 Å². The summed E-state index contributed by atoms with van der Waals surface area (Å²) in [6.45, 7) is 2.38. The summed E-state index contributed by atoms with van der Waals surface area (Å²) in [5.74, 6) is -0.767. The Balaban J connectivity index is 1.96. The maximum Gasteiger partial charge on any atom is 0.320 e. The zero-order chi connectivity index (χ0) is 15.0. The molecular weight excluding hydrogens is 332 g/mol. The number of fused-ring (bicyclic) bond motifs is 1. The van der Waals surface area contributed by atoms with Gasteiger partial charge in [0.2, 0.25) is 0 Å². The molecule has 1 N–H and O–H groups in total. The number of carboxylic acid groups (broad SMARTS) is 1. The molecule has 1 aromatic heterocycles. The van der Waals surface area contributed by atoms with Gasteiger partial charge in [-0.25, -0.2) is 0 Å². The van der Waals surface area contributed by atoms with Crippen molar-refractivity contribution in [3.63, 3.8) is 0 Å². The first kappa shape index (κ1) is 14.5.